The molecule has 0 N–H and O–H groups in total. The van der Waals surface area contributed by atoms with Crippen LogP contribution >= 0.6 is 27.5 Å². The monoisotopic (exact) mass is 322 g/mol. The van der Waals surface area contributed by atoms with Gasteiger partial charge in [0.05, 0.1) is 12.1 Å². The number of halogens is 2. The normalized spacial score (nSPS) is 10.8. The Morgan fingerprint density at radius 3 is 2.39 bits per heavy atom. The number of methoxy groups -OCH3 is 1. The summed E-state index contributed by atoms with van der Waals surface area (Å²) in [6, 6.07) is 13.8. The molecule has 2 rings (SSSR count). The Labute approximate surface area is 120 Å². The number of benzene rings is 2. The van der Waals surface area contributed by atoms with Gasteiger partial charge in [0.2, 0.25) is 0 Å². The Hall–Kier alpha value is -1.25. The maximum absolute atomic E-state index is 6.07. The Balaban J connectivity index is 2.21. The minimum atomic E-state index is 0.619. The van der Waals surface area contributed by atoms with Crippen molar-refractivity contribution in [1.29, 1.82) is 0 Å². The van der Waals surface area contributed by atoms with E-state index in [4.69, 9.17) is 16.3 Å². The highest BCUT2D eigenvalue weighted by Gasteiger charge is 1.99. The molecule has 0 saturated carbocycles. The molecule has 92 valence electrons. The van der Waals surface area contributed by atoms with Crippen molar-refractivity contribution < 1.29 is 4.74 Å². The molecule has 0 aliphatic heterocycles. The van der Waals surface area contributed by atoms with Gasteiger partial charge in [-0.2, -0.15) is 0 Å². The second-order valence-corrected chi connectivity index (χ2v) is 5.11. The topological polar surface area (TPSA) is 9.23 Å². The molecule has 0 aliphatic carbocycles. The maximum Gasteiger partial charge on any atom is 0.137 e. The molecule has 0 saturated heterocycles. The van der Waals surface area contributed by atoms with E-state index in [0.717, 1.165) is 15.6 Å². The third kappa shape index (κ3) is 3.37. The first kappa shape index (κ1) is 13.2. The standard InChI is InChI=1S/C15H12BrClO/c1-18-15-8-7-12(10-14(15)17)6-5-11-3-2-4-13(16)9-11/h2-10H,1H3. The lowest BCUT2D eigenvalue weighted by molar-refractivity contribution is 0.415. The van der Waals surface area contributed by atoms with Gasteiger partial charge in [-0.3, -0.25) is 0 Å². The fourth-order valence-electron chi connectivity index (χ4n) is 1.59. The minimum absolute atomic E-state index is 0.619. The molecule has 0 spiro atoms. The molecule has 18 heavy (non-hydrogen) atoms. The molecule has 0 radical (unpaired) electrons. The Morgan fingerprint density at radius 2 is 1.78 bits per heavy atom. The van der Waals surface area contributed by atoms with Crippen LogP contribution < -0.4 is 4.74 Å². The van der Waals surface area contributed by atoms with Crippen molar-refractivity contribution in [1.82, 2.24) is 0 Å². The van der Waals surface area contributed by atoms with Crippen molar-refractivity contribution >= 4 is 39.7 Å². The maximum atomic E-state index is 6.07. The summed E-state index contributed by atoms with van der Waals surface area (Å²) in [4.78, 5) is 0. The summed E-state index contributed by atoms with van der Waals surface area (Å²) in [5.41, 5.74) is 2.18. The molecule has 0 bridgehead atoms. The Morgan fingerprint density at radius 1 is 1.06 bits per heavy atom. The van der Waals surface area contributed by atoms with E-state index in [9.17, 15) is 0 Å². The molecule has 1 nitrogen and oxygen atoms in total. The molecule has 0 amide bonds. The summed E-state index contributed by atoms with van der Waals surface area (Å²) in [7, 11) is 1.61. The van der Waals surface area contributed by atoms with E-state index < -0.39 is 0 Å². The third-order valence-electron chi connectivity index (χ3n) is 2.49. The van der Waals surface area contributed by atoms with Crippen LogP contribution in [0.1, 0.15) is 11.1 Å². The van der Waals surface area contributed by atoms with Crippen LogP contribution in [0.25, 0.3) is 12.2 Å². The van der Waals surface area contributed by atoms with E-state index in [-0.39, 0.29) is 0 Å². The zero-order valence-electron chi connectivity index (χ0n) is 9.86. The van der Waals surface area contributed by atoms with E-state index in [2.05, 4.69) is 22.0 Å². The van der Waals surface area contributed by atoms with Crippen LogP contribution in [0, 0.1) is 0 Å². The fourth-order valence-corrected chi connectivity index (χ4v) is 2.27. The molecule has 0 aromatic heterocycles. The van der Waals surface area contributed by atoms with Gasteiger partial charge in [-0.1, -0.05) is 57.9 Å². The van der Waals surface area contributed by atoms with Crippen molar-refractivity contribution in [3.8, 4) is 5.75 Å². The number of rotatable bonds is 3. The molecule has 2 aromatic rings. The van der Waals surface area contributed by atoms with E-state index in [0.29, 0.717) is 10.8 Å². The molecule has 2 aromatic carbocycles. The van der Waals surface area contributed by atoms with Crippen LogP contribution in [-0.2, 0) is 0 Å². The van der Waals surface area contributed by atoms with E-state index in [1.54, 1.807) is 7.11 Å². The molecule has 0 atom stereocenters. The first-order valence-corrected chi connectivity index (χ1v) is 6.63. The van der Waals surface area contributed by atoms with E-state index in [1.165, 1.54) is 0 Å². The summed E-state index contributed by atoms with van der Waals surface area (Å²) >= 11 is 9.52. The van der Waals surface area contributed by atoms with Gasteiger partial charge in [0.25, 0.3) is 0 Å². The number of hydrogen-bond donors (Lipinski definition) is 0. The predicted octanol–water partition coefficient (Wildman–Crippen LogP) is 5.28. The summed E-state index contributed by atoms with van der Waals surface area (Å²) in [5, 5.41) is 0.619. The first-order valence-electron chi connectivity index (χ1n) is 5.46. The molecular weight excluding hydrogens is 312 g/mol. The van der Waals surface area contributed by atoms with Gasteiger partial charge in [-0.15, -0.1) is 0 Å². The van der Waals surface area contributed by atoms with Gasteiger partial charge in [0.15, 0.2) is 0 Å². The summed E-state index contributed by atoms with van der Waals surface area (Å²) < 4.78 is 6.18. The van der Waals surface area contributed by atoms with E-state index in [1.807, 2.05) is 48.6 Å². The van der Waals surface area contributed by atoms with Crippen LogP contribution in [-0.4, -0.2) is 7.11 Å². The first-order chi connectivity index (χ1) is 8.69. The van der Waals surface area contributed by atoms with Gasteiger partial charge in [0.1, 0.15) is 5.75 Å². The molecule has 0 unspecified atom stereocenters. The zero-order chi connectivity index (χ0) is 13.0. The minimum Gasteiger partial charge on any atom is -0.495 e. The largest absolute Gasteiger partial charge is 0.495 e. The van der Waals surface area contributed by atoms with Gasteiger partial charge < -0.3 is 4.74 Å². The van der Waals surface area contributed by atoms with Crippen molar-refractivity contribution in [3.05, 3.63) is 63.1 Å². The lowest BCUT2D eigenvalue weighted by Gasteiger charge is -2.03. The average molecular weight is 324 g/mol. The SMILES string of the molecule is COc1ccc(C=Cc2cccc(Br)c2)cc1Cl. The average Bonchev–Trinajstić information content (AvgIpc) is 2.37. The second-order valence-electron chi connectivity index (χ2n) is 3.78. The lowest BCUT2D eigenvalue weighted by atomic mass is 10.1. The highest BCUT2D eigenvalue weighted by Crippen LogP contribution is 2.25. The highest BCUT2D eigenvalue weighted by molar-refractivity contribution is 9.10. The Bertz CT molecular complexity index is 578. The van der Waals surface area contributed by atoms with Gasteiger partial charge >= 0.3 is 0 Å². The molecule has 0 fully saturated rings. The van der Waals surface area contributed by atoms with E-state index >= 15 is 0 Å². The number of hydrogen-bond acceptors (Lipinski definition) is 1. The summed E-state index contributed by atoms with van der Waals surface area (Å²) in [5.74, 6) is 0.691. The van der Waals surface area contributed by atoms with Crippen LogP contribution in [0.15, 0.2) is 46.9 Å². The van der Waals surface area contributed by atoms with Crippen LogP contribution in [0.2, 0.25) is 5.02 Å². The third-order valence-corrected chi connectivity index (χ3v) is 3.28. The highest BCUT2D eigenvalue weighted by atomic mass is 79.9. The van der Waals surface area contributed by atoms with Crippen LogP contribution in [0.4, 0.5) is 0 Å². The van der Waals surface area contributed by atoms with Crippen LogP contribution in [0.5, 0.6) is 5.75 Å². The van der Waals surface area contributed by atoms with Gasteiger partial charge in [-0.25, -0.2) is 0 Å². The predicted molar refractivity (Wildman–Crippen MR) is 81.1 cm³/mol. The quantitative estimate of drug-likeness (QED) is 0.698. The molecule has 3 heteroatoms. The van der Waals surface area contributed by atoms with Crippen molar-refractivity contribution in [2.24, 2.45) is 0 Å². The smallest absolute Gasteiger partial charge is 0.137 e. The molecule has 0 aliphatic rings. The van der Waals surface area contributed by atoms with Crippen molar-refractivity contribution in [3.63, 3.8) is 0 Å². The lowest BCUT2D eigenvalue weighted by Crippen LogP contribution is -1.84. The van der Waals surface area contributed by atoms with Gasteiger partial charge in [0, 0.05) is 4.47 Å². The number of ether oxygens (including phenoxy) is 1. The fraction of sp³-hybridized carbons (Fsp3) is 0.0667. The Kier molecular flexibility index (Phi) is 4.45. The van der Waals surface area contributed by atoms with Crippen LogP contribution in [0.3, 0.4) is 0 Å². The summed E-state index contributed by atoms with van der Waals surface area (Å²) in [6.45, 7) is 0. The second kappa shape index (κ2) is 6.07. The van der Waals surface area contributed by atoms with Crippen molar-refractivity contribution in [2.75, 3.05) is 7.11 Å². The zero-order valence-corrected chi connectivity index (χ0v) is 12.2. The van der Waals surface area contributed by atoms with Gasteiger partial charge in [-0.05, 0) is 35.4 Å². The summed E-state index contributed by atoms with van der Waals surface area (Å²) in [6.07, 6.45) is 4.07. The van der Waals surface area contributed by atoms with Crippen molar-refractivity contribution in [2.45, 2.75) is 0 Å². The molecular formula is C15H12BrClO. The molecule has 0 heterocycles.